The van der Waals surface area contributed by atoms with Gasteiger partial charge in [-0.1, -0.05) is 30.3 Å². The van der Waals surface area contributed by atoms with Crippen LogP contribution in [0.4, 0.5) is 0 Å². The lowest BCUT2D eigenvalue weighted by molar-refractivity contribution is 0.272. The topological polar surface area (TPSA) is 95.1 Å². The molecule has 1 heterocycles. The first-order chi connectivity index (χ1) is 9.13. The summed E-state index contributed by atoms with van der Waals surface area (Å²) in [5.74, 6) is 0. The first-order valence-electron chi connectivity index (χ1n) is 5.80. The molecule has 0 amide bonds. The minimum atomic E-state index is -3.67. The minimum absolute atomic E-state index is 0.00590. The van der Waals surface area contributed by atoms with E-state index in [-0.39, 0.29) is 11.6 Å². The molecule has 1 atom stereocenters. The highest BCUT2D eigenvalue weighted by Crippen LogP contribution is 2.18. The molecule has 0 spiro atoms. The fourth-order valence-electron chi connectivity index (χ4n) is 1.75. The Morgan fingerprint density at radius 2 is 2.05 bits per heavy atom. The van der Waals surface area contributed by atoms with Crippen LogP contribution < -0.4 is 4.72 Å². The largest absolute Gasteiger partial charge is 0.396 e. The molecule has 0 fully saturated rings. The second kappa shape index (κ2) is 5.96. The zero-order chi connectivity index (χ0) is 13.7. The Morgan fingerprint density at radius 3 is 2.63 bits per heavy atom. The quantitative estimate of drug-likeness (QED) is 0.730. The molecule has 0 bridgehead atoms. The summed E-state index contributed by atoms with van der Waals surface area (Å²) in [6.07, 6.45) is 2.85. The second-order valence-electron chi connectivity index (χ2n) is 4.01. The van der Waals surface area contributed by atoms with Crippen LogP contribution in [0.2, 0.25) is 0 Å². The zero-order valence-electron chi connectivity index (χ0n) is 10.2. The van der Waals surface area contributed by atoms with Crippen molar-refractivity contribution in [2.45, 2.75) is 17.5 Å². The Kier molecular flexibility index (Phi) is 4.31. The van der Waals surface area contributed by atoms with Gasteiger partial charge in [0, 0.05) is 12.6 Å². The predicted octanol–water partition coefficient (Wildman–Crippen LogP) is 0.812. The van der Waals surface area contributed by atoms with Gasteiger partial charge in [-0.2, -0.15) is 0 Å². The molecule has 0 aliphatic rings. The lowest BCUT2D eigenvalue weighted by Gasteiger charge is -2.17. The Hall–Kier alpha value is -1.70. The molecule has 0 aliphatic carbocycles. The third-order valence-corrected chi connectivity index (χ3v) is 4.08. The maximum atomic E-state index is 12.1. The van der Waals surface area contributed by atoms with Crippen LogP contribution in [0, 0.1) is 0 Å². The summed E-state index contributed by atoms with van der Waals surface area (Å²) in [4.78, 5) is 6.24. The van der Waals surface area contributed by atoms with Crippen LogP contribution in [0.25, 0.3) is 0 Å². The van der Waals surface area contributed by atoms with Gasteiger partial charge in [-0.15, -0.1) is 0 Å². The number of aliphatic hydroxyl groups excluding tert-OH is 1. The van der Waals surface area contributed by atoms with Gasteiger partial charge in [0.05, 0.1) is 12.5 Å². The van der Waals surface area contributed by atoms with Gasteiger partial charge in [0.15, 0.2) is 5.03 Å². The number of H-pyrrole nitrogens is 1. The van der Waals surface area contributed by atoms with Crippen LogP contribution in [0.3, 0.4) is 0 Å². The van der Waals surface area contributed by atoms with E-state index in [9.17, 15) is 8.42 Å². The van der Waals surface area contributed by atoms with Gasteiger partial charge >= 0.3 is 0 Å². The van der Waals surface area contributed by atoms with Gasteiger partial charge in [0.25, 0.3) is 10.0 Å². The lowest BCUT2D eigenvalue weighted by atomic mass is 10.1. The molecular formula is C12H15N3O3S. The number of sulfonamides is 1. The van der Waals surface area contributed by atoms with Gasteiger partial charge in [-0.3, -0.25) is 0 Å². The van der Waals surface area contributed by atoms with Crippen LogP contribution in [0.1, 0.15) is 18.0 Å². The van der Waals surface area contributed by atoms with Gasteiger partial charge in [-0.25, -0.2) is 18.1 Å². The number of rotatable bonds is 6. The van der Waals surface area contributed by atoms with E-state index in [2.05, 4.69) is 14.7 Å². The SMILES string of the molecule is O=S(=O)(N[C@H](CCO)c1ccccc1)c1cnc[nH]1. The highest BCUT2D eigenvalue weighted by Gasteiger charge is 2.21. The average Bonchev–Trinajstić information content (AvgIpc) is 2.94. The molecule has 19 heavy (non-hydrogen) atoms. The number of nitrogens with zero attached hydrogens (tertiary/aromatic N) is 1. The highest BCUT2D eigenvalue weighted by molar-refractivity contribution is 7.89. The number of benzene rings is 1. The molecule has 1 aromatic heterocycles. The number of nitrogens with one attached hydrogen (secondary N) is 2. The molecule has 6 nitrogen and oxygen atoms in total. The fourth-order valence-corrected chi connectivity index (χ4v) is 2.91. The Bertz CT molecular complexity index is 596. The predicted molar refractivity (Wildman–Crippen MR) is 69.8 cm³/mol. The smallest absolute Gasteiger partial charge is 0.258 e. The molecule has 0 radical (unpaired) electrons. The number of hydrogen-bond donors (Lipinski definition) is 3. The molecule has 0 unspecified atom stereocenters. The number of hydrogen-bond acceptors (Lipinski definition) is 4. The zero-order valence-corrected chi connectivity index (χ0v) is 11.0. The van der Waals surface area contributed by atoms with Crippen molar-refractivity contribution >= 4 is 10.0 Å². The number of aromatic amines is 1. The van der Waals surface area contributed by atoms with E-state index in [1.54, 1.807) is 0 Å². The molecule has 7 heteroatoms. The molecule has 0 aliphatic heterocycles. The summed E-state index contributed by atoms with van der Waals surface area (Å²) in [6.45, 7) is -0.106. The summed E-state index contributed by atoms with van der Waals surface area (Å²) >= 11 is 0. The van der Waals surface area contributed by atoms with Crippen molar-refractivity contribution in [1.29, 1.82) is 0 Å². The summed E-state index contributed by atoms with van der Waals surface area (Å²) in [6, 6.07) is 8.66. The molecule has 1 aromatic carbocycles. The van der Waals surface area contributed by atoms with Crippen molar-refractivity contribution in [3.8, 4) is 0 Å². The van der Waals surface area contributed by atoms with Gasteiger partial charge in [-0.05, 0) is 12.0 Å². The van der Waals surface area contributed by atoms with Crippen LogP contribution in [0.5, 0.6) is 0 Å². The van der Waals surface area contributed by atoms with E-state index in [0.717, 1.165) is 5.56 Å². The number of aromatic nitrogens is 2. The van der Waals surface area contributed by atoms with Gasteiger partial charge in [0.1, 0.15) is 0 Å². The maximum Gasteiger partial charge on any atom is 0.258 e. The van der Waals surface area contributed by atoms with Crippen molar-refractivity contribution in [2.24, 2.45) is 0 Å². The lowest BCUT2D eigenvalue weighted by Crippen LogP contribution is -2.29. The molecule has 2 aromatic rings. The Balaban J connectivity index is 2.23. The highest BCUT2D eigenvalue weighted by atomic mass is 32.2. The first-order valence-corrected chi connectivity index (χ1v) is 7.28. The van der Waals surface area contributed by atoms with Gasteiger partial charge < -0.3 is 10.1 Å². The van der Waals surface area contributed by atoms with Crippen LogP contribution in [0.15, 0.2) is 47.9 Å². The van der Waals surface area contributed by atoms with Crippen LogP contribution >= 0.6 is 0 Å². The molecule has 3 N–H and O–H groups in total. The van der Waals surface area contributed by atoms with E-state index in [0.29, 0.717) is 6.42 Å². The molecule has 0 saturated carbocycles. The summed E-state index contributed by atoms with van der Waals surface area (Å²) in [5, 5.41) is 9.08. The maximum absolute atomic E-state index is 12.1. The van der Waals surface area contributed by atoms with Crippen molar-refractivity contribution in [1.82, 2.24) is 14.7 Å². The third-order valence-electron chi connectivity index (χ3n) is 2.68. The summed E-state index contributed by atoms with van der Waals surface area (Å²) in [7, 11) is -3.67. The third kappa shape index (κ3) is 3.40. The van der Waals surface area contributed by atoms with Crippen molar-refractivity contribution in [2.75, 3.05) is 6.61 Å². The Labute approximate surface area is 111 Å². The normalized spacial score (nSPS) is 13.3. The fraction of sp³-hybridized carbons (Fsp3) is 0.250. The van der Waals surface area contributed by atoms with Crippen molar-refractivity contribution < 1.29 is 13.5 Å². The number of imidazole rings is 1. The monoisotopic (exact) mass is 281 g/mol. The van der Waals surface area contributed by atoms with Crippen molar-refractivity contribution in [3.63, 3.8) is 0 Å². The van der Waals surface area contributed by atoms with E-state index in [1.165, 1.54) is 12.5 Å². The van der Waals surface area contributed by atoms with E-state index in [4.69, 9.17) is 5.11 Å². The molecule has 0 saturated heterocycles. The van der Waals surface area contributed by atoms with Crippen molar-refractivity contribution in [3.05, 3.63) is 48.4 Å². The molecule has 102 valence electrons. The van der Waals surface area contributed by atoms with Crippen LogP contribution in [-0.4, -0.2) is 30.1 Å². The second-order valence-corrected chi connectivity index (χ2v) is 5.70. The van der Waals surface area contributed by atoms with E-state index in [1.807, 2.05) is 30.3 Å². The summed E-state index contributed by atoms with van der Waals surface area (Å²) in [5.41, 5.74) is 0.805. The first kappa shape index (κ1) is 13.7. The minimum Gasteiger partial charge on any atom is -0.396 e. The molecule has 2 rings (SSSR count). The molecular weight excluding hydrogens is 266 g/mol. The van der Waals surface area contributed by atoms with E-state index >= 15 is 0 Å². The van der Waals surface area contributed by atoms with Gasteiger partial charge in [0.2, 0.25) is 0 Å². The van der Waals surface area contributed by atoms with Crippen LogP contribution in [-0.2, 0) is 10.0 Å². The number of aliphatic hydroxyl groups is 1. The van der Waals surface area contributed by atoms with E-state index < -0.39 is 16.1 Å². The average molecular weight is 281 g/mol. The standard InChI is InChI=1S/C12H15N3O3S/c16-7-6-11(10-4-2-1-3-5-10)15-19(17,18)12-8-13-9-14-12/h1-5,8-9,11,15-16H,6-7H2,(H,13,14)/t11-/m1/s1. The summed E-state index contributed by atoms with van der Waals surface area (Å²) < 4.78 is 26.7. The Morgan fingerprint density at radius 1 is 1.32 bits per heavy atom.